The summed E-state index contributed by atoms with van der Waals surface area (Å²) < 4.78 is 5.49. The average molecular weight is 554 g/mol. The van der Waals surface area contributed by atoms with Crippen LogP contribution in [0, 0.1) is 28.6 Å². The van der Waals surface area contributed by atoms with Crippen LogP contribution in [-0.2, 0) is 4.74 Å². The Hall–Kier alpha value is -4.49. The predicted molar refractivity (Wildman–Crippen MR) is 159 cm³/mol. The summed E-state index contributed by atoms with van der Waals surface area (Å²) in [4.78, 5) is 25.7. The molecule has 0 atom stereocenters. The van der Waals surface area contributed by atoms with E-state index in [9.17, 15) is 15.2 Å². The zero-order chi connectivity index (χ0) is 28.9. The molecule has 4 heterocycles. The fourth-order valence-corrected chi connectivity index (χ4v) is 5.24. The van der Waals surface area contributed by atoms with E-state index in [1.165, 1.54) is 6.07 Å². The SMILES string of the molecule is CC(C)C(=N)c1c(-c2ccc(N3CCC(C#N)CC3)nc2)cc(C(=O)O)nc1Nc1cccc(N2CCOCC2)c1. The minimum atomic E-state index is -1.15. The zero-order valence-corrected chi connectivity index (χ0v) is 23.4. The number of rotatable bonds is 8. The second kappa shape index (κ2) is 12.4. The topological polar surface area (TPSA) is 138 Å². The van der Waals surface area contributed by atoms with Crippen LogP contribution in [0.4, 0.5) is 23.0 Å². The molecule has 41 heavy (non-hydrogen) atoms. The lowest BCUT2D eigenvalue weighted by molar-refractivity contribution is 0.0690. The van der Waals surface area contributed by atoms with Crippen molar-refractivity contribution in [3.05, 3.63) is 59.9 Å². The van der Waals surface area contributed by atoms with Gasteiger partial charge in [-0.1, -0.05) is 19.9 Å². The Bertz CT molecular complexity index is 1450. The van der Waals surface area contributed by atoms with Gasteiger partial charge in [-0.2, -0.15) is 5.26 Å². The molecule has 10 nitrogen and oxygen atoms in total. The van der Waals surface area contributed by atoms with Crippen LogP contribution in [0.1, 0.15) is 42.7 Å². The lowest BCUT2D eigenvalue weighted by atomic mass is 9.92. The van der Waals surface area contributed by atoms with Crippen molar-refractivity contribution < 1.29 is 14.6 Å². The van der Waals surface area contributed by atoms with E-state index in [4.69, 9.17) is 15.1 Å². The number of nitriles is 1. The number of hydrogen-bond donors (Lipinski definition) is 3. The molecule has 0 unspecified atom stereocenters. The number of piperidine rings is 1. The molecule has 212 valence electrons. The molecule has 0 bridgehead atoms. The van der Waals surface area contributed by atoms with Gasteiger partial charge in [0.1, 0.15) is 11.6 Å². The Morgan fingerprint density at radius 2 is 1.88 bits per heavy atom. The maximum Gasteiger partial charge on any atom is 0.354 e. The number of nitrogens with zero attached hydrogens (tertiary/aromatic N) is 5. The number of benzene rings is 1. The highest BCUT2D eigenvalue weighted by molar-refractivity contribution is 6.10. The van der Waals surface area contributed by atoms with Crippen molar-refractivity contribution >= 4 is 34.7 Å². The van der Waals surface area contributed by atoms with Gasteiger partial charge in [0.05, 0.1) is 19.3 Å². The number of aromatic nitrogens is 2. The first-order valence-electron chi connectivity index (χ1n) is 14.0. The quantitative estimate of drug-likeness (QED) is 0.322. The third-order valence-electron chi connectivity index (χ3n) is 7.63. The molecule has 0 amide bonds. The van der Waals surface area contributed by atoms with E-state index in [1.807, 2.05) is 50.2 Å². The number of carboxylic acid groups (broad SMARTS) is 1. The highest BCUT2D eigenvalue weighted by Crippen LogP contribution is 2.34. The Labute approximate surface area is 240 Å². The molecular weight excluding hydrogens is 518 g/mol. The summed E-state index contributed by atoms with van der Waals surface area (Å²) in [5.74, 6) is -0.0530. The number of morpholine rings is 1. The van der Waals surface area contributed by atoms with Gasteiger partial charge in [-0.15, -0.1) is 0 Å². The van der Waals surface area contributed by atoms with Crippen molar-refractivity contribution in [2.45, 2.75) is 26.7 Å². The normalized spacial score (nSPS) is 16.0. The van der Waals surface area contributed by atoms with Crippen LogP contribution in [0.2, 0.25) is 0 Å². The van der Waals surface area contributed by atoms with Gasteiger partial charge in [-0.25, -0.2) is 14.8 Å². The first-order valence-corrected chi connectivity index (χ1v) is 14.0. The van der Waals surface area contributed by atoms with E-state index in [1.54, 1.807) is 6.20 Å². The Kier molecular flexibility index (Phi) is 8.45. The van der Waals surface area contributed by atoms with Gasteiger partial charge < -0.3 is 30.4 Å². The van der Waals surface area contributed by atoms with E-state index < -0.39 is 5.97 Å². The fraction of sp³-hybridized carbons (Fsp3) is 0.387. The van der Waals surface area contributed by atoms with Crippen molar-refractivity contribution in [1.29, 1.82) is 10.7 Å². The van der Waals surface area contributed by atoms with Crippen LogP contribution in [-0.4, -0.2) is 66.1 Å². The number of nitrogens with one attached hydrogen (secondary N) is 2. The fourth-order valence-electron chi connectivity index (χ4n) is 5.24. The second-order valence-corrected chi connectivity index (χ2v) is 10.7. The number of aromatic carboxylic acids is 1. The molecule has 1 aromatic carbocycles. The smallest absolute Gasteiger partial charge is 0.354 e. The Morgan fingerprint density at radius 3 is 2.51 bits per heavy atom. The van der Waals surface area contributed by atoms with Gasteiger partial charge in [-0.3, -0.25) is 0 Å². The molecule has 0 aliphatic carbocycles. The summed E-state index contributed by atoms with van der Waals surface area (Å²) in [5, 5.41) is 31.5. The van der Waals surface area contributed by atoms with Crippen LogP contribution < -0.4 is 15.1 Å². The molecule has 2 aliphatic heterocycles. The van der Waals surface area contributed by atoms with Crippen LogP contribution in [0.5, 0.6) is 0 Å². The van der Waals surface area contributed by atoms with E-state index in [0.717, 1.165) is 56.2 Å². The van der Waals surface area contributed by atoms with E-state index in [2.05, 4.69) is 26.2 Å². The molecule has 5 rings (SSSR count). The van der Waals surface area contributed by atoms with Crippen molar-refractivity contribution in [2.75, 3.05) is 54.5 Å². The highest BCUT2D eigenvalue weighted by Gasteiger charge is 2.24. The summed E-state index contributed by atoms with van der Waals surface area (Å²) in [6.07, 6.45) is 3.35. The van der Waals surface area contributed by atoms with Gasteiger partial charge in [0.15, 0.2) is 5.69 Å². The molecule has 2 aromatic heterocycles. The number of pyridine rings is 2. The third-order valence-corrected chi connectivity index (χ3v) is 7.63. The second-order valence-electron chi connectivity index (χ2n) is 10.7. The van der Waals surface area contributed by atoms with Crippen molar-refractivity contribution in [3.8, 4) is 17.2 Å². The van der Waals surface area contributed by atoms with E-state index in [-0.39, 0.29) is 17.5 Å². The maximum atomic E-state index is 12.2. The number of carbonyl (C=O) groups is 1. The molecule has 3 N–H and O–H groups in total. The van der Waals surface area contributed by atoms with Gasteiger partial charge in [0.2, 0.25) is 0 Å². The van der Waals surface area contributed by atoms with E-state index in [0.29, 0.717) is 41.4 Å². The number of carboxylic acids is 1. The molecule has 2 fully saturated rings. The number of hydrogen-bond acceptors (Lipinski definition) is 9. The summed E-state index contributed by atoms with van der Waals surface area (Å²) >= 11 is 0. The summed E-state index contributed by atoms with van der Waals surface area (Å²) in [6, 6.07) is 15.6. The van der Waals surface area contributed by atoms with E-state index >= 15 is 0 Å². The van der Waals surface area contributed by atoms with Crippen LogP contribution >= 0.6 is 0 Å². The van der Waals surface area contributed by atoms with Crippen LogP contribution in [0.25, 0.3) is 11.1 Å². The van der Waals surface area contributed by atoms with Gasteiger partial charge >= 0.3 is 5.97 Å². The summed E-state index contributed by atoms with van der Waals surface area (Å²) in [5.41, 5.74) is 3.86. The third kappa shape index (κ3) is 6.31. The molecule has 10 heteroatoms. The lowest BCUT2D eigenvalue weighted by Crippen LogP contribution is -2.36. The molecular formula is C31H35N7O3. The Morgan fingerprint density at radius 1 is 1.12 bits per heavy atom. The van der Waals surface area contributed by atoms with Gasteiger partial charge in [0, 0.05) is 66.5 Å². The first-order chi connectivity index (χ1) is 19.8. The zero-order valence-electron chi connectivity index (χ0n) is 23.4. The standard InChI is InChI=1S/C31H35N7O3/c1-20(2)29(33)28-25(22-6-7-27(34-19-22)38-10-8-21(18-32)9-11-38)17-26(31(39)40)36-30(28)35-23-4-3-5-24(16-23)37-12-14-41-15-13-37/h3-7,16-17,19-21,33H,8-15H2,1-2H3,(H,35,36)(H,39,40). The number of ether oxygens (including phenoxy) is 1. The van der Waals surface area contributed by atoms with Crippen molar-refractivity contribution in [2.24, 2.45) is 11.8 Å². The molecule has 0 spiro atoms. The van der Waals surface area contributed by atoms with Gasteiger partial charge in [0.25, 0.3) is 0 Å². The Balaban J connectivity index is 1.53. The molecule has 3 aromatic rings. The van der Waals surface area contributed by atoms with Crippen LogP contribution in [0.3, 0.4) is 0 Å². The lowest BCUT2D eigenvalue weighted by Gasteiger charge is -2.30. The van der Waals surface area contributed by atoms with Crippen molar-refractivity contribution in [1.82, 2.24) is 9.97 Å². The average Bonchev–Trinajstić information content (AvgIpc) is 3.01. The number of anilines is 4. The summed E-state index contributed by atoms with van der Waals surface area (Å²) in [6.45, 7) is 8.34. The molecule has 2 aliphatic rings. The van der Waals surface area contributed by atoms with Crippen molar-refractivity contribution in [3.63, 3.8) is 0 Å². The van der Waals surface area contributed by atoms with Gasteiger partial charge in [-0.05, 0) is 60.7 Å². The minimum Gasteiger partial charge on any atom is -0.477 e. The molecule has 2 saturated heterocycles. The highest BCUT2D eigenvalue weighted by atomic mass is 16.5. The largest absolute Gasteiger partial charge is 0.477 e. The molecule has 0 saturated carbocycles. The first kappa shape index (κ1) is 28.1. The monoisotopic (exact) mass is 553 g/mol. The predicted octanol–water partition coefficient (Wildman–Crippen LogP) is 5.19. The van der Waals surface area contributed by atoms with Crippen LogP contribution in [0.15, 0.2) is 48.7 Å². The minimum absolute atomic E-state index is 0.0851. The maximum absolute atomic E-state index is 12.2. The summed E-state index contributed by atoms with van der Waals surface area (Å²) in [7, 11) is 0. The molecule has 0 radical (unpaired) electrons.